The average Bonchev–Trinajstić information content (AvgIpc) is 3.08. The second-order valence-electron chi connectivity index (χ2n) is 3.56. The molecule has 0 aromatic carbocycles. The summed E-state index contributed by atoms with van der Waals surface area (Å²) in [6.45, 7) is 2.53. The van der Waals surface area contributed by atoms with Crippen molar-refractivity contribution in [3.8, 4) is 0 Å². The zero-order valence-electron chi connectivity index (χ0n) is 9.34. The lowest BCUT2D eigenvalue weighted by atomic mass is 10.4. The van der Waals surface area contributed by atoms with Gasteiger partial charge >= 0.3 is 0 Å². The van der Waals surface area contributed by atoms with Crippen LogP contribution >= 0.6 is 23.5 Å². The fraction of sp³-hybridized carbons (Fsp3) is 1.00. The molecule has 2 atom stereocenters. The van der Waals surface area contributed by atoms with Crippen LogP contribution in [-0.2, 0) is 9.47 Å². The Morgan fingerprint density at radius 1 is 1.38 bits per heavy atom. The van der Waals surface area contributed by atoms with Gasteiger partial charge in [-0.15, -0.1) is 0 Å². The minimum atomic E-state index is -0.234. The van der Waals surface area contributed by atoms with Crippen molar-refractivity contribution >= 4 is 23.5 Å². The molecule has 2 fully saturated rings. The van der Waals surface area contributed by atoms with Crippen LogP contribution in [0.5, 0.6) is 0 Å². The van der Waals surface area contributed by atoms with E-state index in [0.717, 1.165) is 36.2 Å². The number of ether oxygens (including phenoxy) is 2. The number of aliphatic hydroxyl groups is 2. The van der Waals surface area contributed by atoms with E-state index >= 15 is 0 Å². The Kier molecular flexibility index (Phi) is 8.72. The molecule has 0 aliphatic carbocycles. The van der Waals surface area contributed by atoms with Crippen LogP contribution in [0.2, 0.25) is 0 Å². The first-order chi connectivity index (χ1) is 7.83. The van der Waals surface area contributed by atoms with Gasteiger partial charge in [0.15, 0.2) is 0 Å². The highest BCUT2D eigenvalue weighted by molar-refractivity contribution is 7.99. The van der Waals surface area contributed by atoms with Crippen molar-refractivity contribution in [2.75, 3.05) is 49.4 Å². The van der Waals surface area contributed by atoms with E-state index in [4.69, 9.17) is 19.7 Å². The topological polar surface area (TPSA) is 62.2 Å². The third-order valence-corrected chi connectivity index (χ3v) is 4.09. The van der Waals surface area contributed by atoms with Crippen molar-refractivity contribution in [1.29, 1.82) is 0 Å². The van der Waals surface area contributed by atoms with Crippen molar-refractivity contribution in [3.05, 3.63) is 0 Å². The van der Waals surface area contributed by atoms with Crippen LogP contribution in [0.15, 0.2) is 0 Å². The summed E-state index contributed by atoms with van der Waals surface area (Å²) in [6.07, 6.45) is 0.272. The van der Waals surface area contributed by atoms with Crippen molar-refractivity contribution in [3.63, 3.8) is 0 Å². The van der Waals surface area contributed by atoms with Gasteiger partial charge in [-0.3, -0.25) is 0 Å². The molecule has 16 heavy (non-hydrogen) atoms. The summed E-state index contributed by atoms with van der Waals surface area (Å²) < 4.78 is 9.99. The Hall–Kier alpha value is 0.540. The molecule has 2 rings (SSSR count). The van der Waals surface area contributed by atoms with E-state index in [1.54, 1.807) is 23.5 Å². The van der Waals surface area contributed by atoms with E-state index in [2.05, 4.69) is 0 Å². The quantitative estimate of drug-likeness (QED) is 0.562. The molecule has 0 aromatic rings. The number of hydrogen-bond donors (Lipinski definition) is 2. The second-order valence-corrected chi connectivity index (χ2v) is 5.86. The number of aliphatic hydroxyl groups excluding tert-OH is 2. The fourth-order valence-electron chi connectivity index (χ4n) is 1.05. The van der Waals surface area contributed by atoms with Crippen molar-refractivity contribution in [1.82, 2.24) is 0 Å². The van der Waals surface area contributed by atoms with E-state index in [1.165, 1.54) is 0 Å². The normalized spacial score (nSPS) is 28.9. The molecule has 0 radical (unpaired) electrons. The van der Waals surface area contributed by atoms with Crippen molar-refractivity contribution < 1.29 is 19.7 Å². The van der Waals surface area contributed by atoms with E-state index in [-0.39, 0.29) is 12.7 Å². The number of epoxide rings is 1. The summed E-state index contributed by atoms with van der Waals surface area (Å²) in [7, 11) is 0. The predicted octanol–water partition coefficient (Wildman–Crippen LogP) is 0.221. The molecule has 0 spiro atoms. The maximum atomic E-state index is 8.94. The molecule has 4 nitrogen and oxygen atoms in total. The smallest absolute Gasteiger partial charge is 0.0900 e. The van der Waals surface area contributed by atoms with Crippen LogP contribution in [0.25, 0.3) is 0 Å². The highest BCUT2D eigenvalue weighted by atomic mass is 32.2. The Balaban J connectivity index is 0.000000160. The molecule has 0 aromatic heterocycles. The van der Waals surface area contributed by atoms with Gasteiger partial charge in [-0.2, -0.15) is 23.5 Å². The molecule has 6 heteroatoms. The number of hydrogen-bond acceptors (Lipinski definition) is 6. The molecule has 2 heterocycles. The first-order valence-electron chi connectivity index (χ1n) is 5.46. The summed E-state index contributed by atoms with van der Waals surface area (Å²) >= 11 is 3.50. The van der Waals surface area contributed by atoms with Gasteiger partial charge in [0.2, 0.25) is 0 Å². The fourth-order valence-corrected chi connectivity index (χ4v) is 2.57. The minimum Gasteiger partial charge on any atom is -0.396 e. The van der Waals surface area contributed by atoms with Gasteiger partial charge in [0.1, 0.15) is 0 Å². The van der Waals surface area contributed by atoms with E-state index in [1.807, 2.05) is 0 Å². The monoisotopic (exact) mass is 268 g/mol. The predicted molar refractivity (Wildman–Crippen MR) is 68.3 cm³/mol. The molecule has 2 N–H and O–H groups in total. The van der Waals surface area contributed by atoms with Gasteiger partial charge in [0.25, 0.3) is 0 Å². The first kappa shape index (κ1) is 14.6. The van der Waals surface area contributed by atoms with E-state index in [0.29, 0.717) is 12.7 Å². The Labute approximate surface area is 105 Å². The molecule has 0 amide bonds. The van der Waals surface area contributed by atoms with Crippen LogP contribution in [0.3, 0.4) is 0 Å². The lowest BCUT2D eigenvalue weighted by Gasteiger charge is -2.01. The highest BCUT2D eigenvalue weighted by Gasteiger charge is 2.21. The minimum absolute atomic E-state index is 0.234. The van der Waals surface area contributed by atoms with Crippen LogP contribution in [0, 0.1) is 0 Å². The summed E-state index contributed by atoms with van der Waals surface area (Å²) in [4.78, 5) is 0. The second kappa shape index (κ2) is 9.56. The van der Waals surface area contributed by atoms with Crippen LogP contribution in [0.4, 0.5) is 0 Å². The van der Waals surface area contributed by atoms with Gasteiger partial charge < -0.3 is 19.7 Å². The third kappa shape index (κ3) is 8.66. The van der Waals surface area contributed by atoms with Crippen LogP contribution in [-0.4, -0.2) is 71.9 Å². The first-order valence-corrected chi connectivity index (χ1v) is 7.77. The van der Waals surface area contributed by atoms with Gasteiger partial charge in [-0.25, -0.2) is 0 Å². The van der Waals surface area contributed by atoms with Gasteiger partial charge in [-0.05, 0) is 0 Å². The van der Waals surface area contributed by atoms with Crippen LogP contribution in [0.1, 0.15) is 0 Å². The molecular formula is C10H20O4S2. The maximum absolute atomic E-state index is 8.94. The molecule has 2 aliphatic heterocycles. The maximum Gasteiger partial charge on any atom is 0.0900 e. The lowest BCUT2D eigenvalue weighted by molar-refractivity contribution is 0.0605. The Morgan fingerprint density at radius 2 is 2.19 bits per heavy atom. The molecule has 2 aliphatic rings. The van der Waals surface area contributed by atoms with E-state index in [9.17, 15) is 0 Å². The Bertz CT molecular complexity index is 159. The van der Waals surface area contributed by atoms with Crippen molar-refractivity contribution in [2.45, 2.75) is 12.2 Å². The molecular weight excluding hydrogens is 248 g/mol. The average molecular weight is 268 g/mol. The Morgan fingerprint density at radius 3 is 2.88 bits per heavy atom. The van der Waals surface area contributed by atoms with Gasteiger partial charge in [-0.1, -0.05) is 0 Å². The zero-order chi connectivity index (χ0) is 11.6. The number of thioether (sulfide) groups is 2. The number of rotatable bonds is 4. The summed E-state index contributed by atoms with van der Waals surface area (Å²) in [5.74, 6) is 3.76. The SMILES string of the molecule is OC1COCCSC1.OCCSCC1CO1. The summed E-state index contributed by atoms with van der Waals surface area (Å²) in [5, 5.41) is 17.3. The molecule has 2 unspecified atom stereocenters. The lowest BCUT2D eigenvalue weighted by Crippen LogP contribution is -2.14. The summed E-state index contributed by atoms with van der Waals surface area (Å²) in [6, 6.07) is 0. The molecule has 0 bridgehead atoms. The molecule has 0 saturated carbocycles. The van der Waals surface area contributed by atoms with Crippen molar-refractivity contribution in [2.24, 2.45) is 0 Å². The van der Waals surface area contributed by atoms with Crippen LogP contribution < -0.4 is 0 Å². The highest BCUT2D eigenvalue weighted by Crippen LogP contribution is 2.14. The zero-order valence-corrected chi connectivity index (χ0v) is 11.0. The largest absolute Gasteiger partial charge is 0.396 e. The standard InChI is InChI=1S/2C5H10O2S/c6-5-3-7-1-2-8-4-5;6-1-2-8-4-5-3-7-5/h2*5-6H,1-4H2. The van der Waals surface area contributed by atoms with Gasteiger partial charge in [0.05, 0.1) is 38.6 Å². The summed E-state index contributed by atoms with van der Waals surface area (Å²) in [5.41, 5.74) is 0. The third-order valence-electron chi connectivity index (χ3n) is 1.93. The molecule has 96 valence electrons. The molecule has 2 saturated heterocycles. The van der Waals surface area contributed by atoms with E-state index < -0.39 is 0 Å². The van der Waals surface area contributed by atoms with Gasteiger partial charge in [0, 0.05) is 23.0 Å².